The number of hydrogen-bond acceptors (Lipinski definition) is 3. The minimum Gasteiger partial charge on any atom is -0.493 e. The van der Waals surface area contributed by atoms with E-state index in [1.165, 1.54) is 32.1 Å². The van der Waals surface area contributed by atoms with Crippen LogP contribution in [0.3, 0.4) is 0 Å². The van der Waals surface area contributed by atoms with Crippen LogP contribution >= 0.6 is 0 Å². The lowest BCUT2D eigenvalue weighted by Crippen LogP contribution is -2.16. The van der Waals surface area contributed by atoms with E-state index in [2.05, 4.69) is 0 Å². The van der Waals surface area contributed by atoms with E-state index >= 15 is 0 Å². The highest BCUT2D eigenvalue weighted by molar-refractivity contribution is 5.30. The summed E-state index contributed by atoms with van der Waals surface area (Å²) in [4.78, 5) is 0. The van der Waals surface area contributed by atoms with Crippen LogP contribution in [0.2, 0.25) is 0 Å². The molecule has 0 saturated heterocycles. The SMILES string of the molecule is N[C@@H](CCO)c1cccc(OCC2CCCCC2)c1. The van der Waals surface area contributed by atoms with Crippen molar-refractivity contribution >= 4 is 0 Å². The first-order chi connectivity index (χ1) is 9.29. The van der Waals surface area contributed by atoms with E-state index in [4.69, 9.17) is 15.6 Å². The Bertz CT molecular complexity index is 375. The molecule has 1 saturated carbocycles. The van der Waals surface area contributed by atoms with Gasteiger partial charge in [0.15, 0.2) is 0 Å². The van der Waals surface area contributed by atoms with Crippen LogP contribution in [0.1, 0.15) is 50.1 Å². The molecule has 19 heavy (non-hydrogen) atoms. The van der Waals surface area contributed by atoms with Gasteiger partial charge >= 0.3 is 0 Å². The second kappa shape index (κ2) is 7.51. The second-order valence-corrected chi connectivity index (χ2v) is 5.51. The third kappa shape index (κ3) is 4.51. The number of hydrogen-bond donors (Lipinski definition) is 2. The highest BCUT2D eigenvalue weighted by atomic mass is 16.5. The van der Waals surface area contributed by atoms with Gasteiger partial charge in [0.05, 0.1) is 6.61 Å². The molecule has 0 aliphatic heterocycles. The fourth-order valence-electron chi connectivity index (χ4n) is 2.71. The highest BCUT2D eigenvalue weighted by Crippen LogP contribution is 2.25. The summed E-state index contributed by atoms with van der Waals surface area (Å²) in [6.07, 6.45) is 7.24. The first kappa shape index (κ1) is 14.4. The summed E-state index contributed by atoms with van der Waals surface area (Å²) in [5.74, 6) is 1.61. The van der Waals surface area contributed by atoms with Crippen LogP contribution < -0.4 is 10.5 Å². The predicted octanol–water partition coefficient (Wildman–Crippen LogP) is 3.03. The van der Waals surface area contributed by atoms with E-state index < -0.39 is 0 Å². The smallest absolute Gasteiger partial charge is 0.119 e. The van der Waals surface area contributed by atoms with Crippen molar-refractivity contribution in [2.24, 2.45) is 11.7 Å². The Kier molecular flexibility index (Phi) is 5.67. The minimum atomic E-state index is -0.108. The van der Waals surface area contributed by atoms with Gasteiger partial charge in [-0.1, -0.05) is 31.4 Å². The van der Waals surface area contributed by atoms with Gasteiger partial charge in [-0.2, -0.15) is 0 Å². The molecule has 0 unspecified atom stereocenters. The van der Waals surface area contributed by atoms with Crippen molar-refractivity contribution in [1.29, 1.82) is 0 Å². The summed E-state index contributed by atoms with van der Waals surface area (Å²) < 4.78 is 5.90. The Morgan fingerprint density at radius 3 is 2.79 bits per heavy atom. The first-order valence-electron chi connectivity index (χ1n) is 7.39. The van der Waals surface area contributed by atoms with Crippen molar-refractivity contribution in [3.05, 3.63) is 29.8 Å². The molecule has 2 rings (SSSR count). The van der Waals surface area contributed by atoms with Gasteiger partial charge in [-0.3, -0.25) is 0 Å². The van der Waals surface area contributed by atoms with Crippen molar-refractivity contribution in [2.45, 2.75) is 44.6 Å². The maximum atomic E-state index is 8.93. The lowest BCUT2D eigenvalue weighted by molar-refractivity contribution is 0.208. The van der Waals surface area contributed by atoms with Gasteiger partial charge in [0, 0.05) is 12.6 Å². The molecule has 1 aromatic rings. The topological polar surface area (TPSA) is 55.5 Å². The Morgan fingerprint density at radius 2 is 2.05 bits per heavy atom. The van der Waals surface area contributed by atoms with Gasteiger partial charge < -0.3 is 15.6 Å². The molecule has 0 heterocycles. The molecule has 1 fully saturated rings. The fourth-order valence-corrected chi connectivity index (χ4v) is 2.71. The van der Waals surface area contributed by atoms with Crippen LogP contribution in [-0.4, -0.2) is 18.3 Å². The highest BCUT2D eigenvalue weighted by Gasteiger charge is 2.14. The molecular formula is C16H25NO2. The van der Waals surface area contributed by atoms with Crippen LogP contribution in [0.15, 0.2) is 24.3 Å². The maximum absolute atomic E-state index is 8.93. The predicted molar refractivity (Wildman–Crippen MR) is 77.1 cm³/mol. The summed E-state index contributed by atoms with van der Waals surface area (Å²) in [7, 11) is 0. The van der Waals surface area contributed by atoms with E-state index in [0.717, 1.165) is 17.9 Å². The van der Waals surface area contributed by atoms with Crippen LogP contribution in [0, 0.1) is 5.92 Å². The van der Waals surface area contributed by atoms with E-state index in [9.17, 15) is 0 Å². The molecular weight excluding hydrogens is 238 g/mol. The lowest BCUT2D eigenvalue weighted by Gasteiger charge is -2.22. The Labute approximate surface area is 115 Å². The van der Waals surface area contributed by atoms with E-state index in [1.54, 1.807) is 0 Å². The monoisotopic (exact) mass is 263 g/mol. The molecule has 0 amide bonds. The normalized spacial score (nSPS) is 18.2. The molecule has 1 aliphatic rings. The van der Waals surface area contributed by atoms with Crippen LogP contribution in [0.5, 0.6) is 5.75 Å². The largest absolute Gasteiger partial charge is 0.493 e. The number of benzene rings is 1. The first-order valence-corrected chi connectivity index (χ1v) is 7.39. The van der Waals surface area contributed by atoms with Gasteiger partial charge in [0.25, 0.3) is 0 Å². The third-order valence-electron chi connectivity index (χ3n) is 3.94. The van der Waals surface area contributed by atoms with Gasteiger partial charge in [-0.15, -0.1) is 0 Å². The average Bonchev–Trinajstić information content (AvgIpc) is 2.47. The Hall–Kier alpha value is -1.06. The summed E-state index contributed by atoms with van der Waals surface area (Å²) in [5, 5.41) is 8.93. The zero-order valence-electron chi connectivity index (χ0n) is 11.6. The lowest BCUT2D eigenvalue weighted by atomic mass is 9.90. The molecule has 1 atom stereocenters. The molecule has 1 aromatic carbocycles. The molecule has 0 aromatic heterocycles. The van der Waals surface area contributed by atoms with Crippen molar-refractivity contribution < 1.29 is 9.84 Å². The zero-order chi connectivity index (χ0) is 13.5. The second-order valence-electron chi connectivity index (χ2n) is 5.51. The molecule has 0 radical (unpaired) electrons. The van der Waals surface area contributed by atoms with Crippen LogP contribution in [0.4, 0.5) is 0 Å². The Morgan fingerprint density at radius 1 is 1.26 bits per heavy atom. The summed E-state index contributed by atoms with van der Waals surface area (Å²) in [6, 6.07) is 7.85. The van der Waals surface area contributed by atoms with Crippen molar-refractivity contribution in [3.63, 3.8) is 0 Å². The van der Waals surface area contributed by atoms with E-state index in [-0.39, 0.29) is 12.6 Å². The number of aliphatic hydroxyl groups excluding tert-OH is 1. The molecule has 3 nitrogen and oxygen atoms in total. The quantitative estimate of drug-likeness (QED) is 0.829. The minimum absolute atomic E-state index is 0.108. The van der Waals surface area contributed by atoms with Gasteiger partial charge in [-0.25, -0.2) is 0 Å². The maximum Gasteiger partial charge on any atom is 0.119 e. The van der Waals surface area contributed by atoms with Gasteiger partial charge in [0.1, 0.15) is 5.75 Å². The number of rotatable bonds is 6. The molecule has 0 spiro atoms. The molecule has 1 aliphatic carbocycles. The van der Waals surface area contributed by atoms with Crippen molar-refractivity contribution in [3.8, 4) is 5.75 Å². The number of nitrogens with two attached hydrogens (primary N) is 1. The molecule has 3 heteroatoms. The number of ether oxygens (including phenoxy) is 1. The van der Waals surface area contributed by atoms with Crippen LogP contribution in [-0.2, 0) is 0 Å². The van der Waals surface area contributed by atoms with E-state index in [1.807, 2.05) is 24.3 Å². The summed E-state index contributed by atoms with van der Waals surface area (Å²) in [5.41, 5.74) is 7.04. The van der Waals surface area contributed by atoms with Gasteiger partial charge in [0.2, 0.25) is 0 Å². The summed E-state index contributed by atoms with van der Waals surface area (Å²) in [6.45, 7) is 0.938. The van der Waals surface area contributed by atoms with Crippen molar-refractivity contribution in [2.75, 3.05) is 13.2 Å². The Balaban J connectivity index is 1.87. The van der Waals surface area contributed by atoms with Crippen molar-refractivity contribution in [1.82, 2.24) is 0 Å². The van der Waals surface area contributed by atoms with Gasteiger partial charge in [-0.05, 0) is 42.9 Å². The van der Waals surface area contributed by atoms with E-state index in [0.29, 0.717) is 12.3 Å². The standard InChI is InChI=1S/C16H25NO2/c17-16(9-10-18)14-7-4-8-15(11-14)19-12-13-5-2-1-3-6-13/h4,7-8,11,13,16,18H,1-3,5-6,9-10,12,17H2/t16-/m0/s1. The zero-order valence-corrected chi connectivity index (χ0v) is 11.6. The fraction of sp³-hybridized carbons (Fsp3) is 0.625. The summed E-state index contributed by atoms with van der Waals surface area (Å²) >= 11 is 0. The number of aliphatic hydroxyl groups is 1. The average molecular weight is 263 g/mol. The van der Waals surface area contributed by atoms with Crippen LogP contribution in [0.25, 0.3) is 0 Å². The molecule has 106 valence electrons. The third-order valence-corrected chi connectivity index (χ3v) is 3.94. The molecule has 0 bridgehead atoms. The molecule has 3 N–H and O–H groups in total.